The van der Waals surface area contributed by atoms with E-state index in [0.29, 0.717) is 0 Å². The second-order valence-corrected chi connectivity index (χ2v) is 5.73. The van der Waals surface area contributed by atoms with Gasteiger partial charge in [-0.25, -0.2) is 9.97 Å². The molecule has 4 nitrogen and oxygen atoms in total. The van der Waals surface area contributed by atoms with Crippen molar-refractivity contribution in [3.63, 3.8) is 0 Å². The first-order chi connectivity index (χ1) is 8.84. The summed E-state index contributed by atoms with van der Waals surface area (Å²) in [5, 5.41) is 15.6. The molecule has 2 unspecified atom stereocenters. The fourth-order valence-corrected chi connectivity index (χ4v) is 3.32. The number of anilines is 1. The van der Waals surface area contributed by atoms with Crippen molar-refractivity contribution in [1.29, 1.82) is 0 Å². The Balaban J connectivity index is 1.84. The number of aliphatic hydroxyl groups excluding tert-OH is 1. The molecule has 18 heavy (non-hydrogen) atoms. The molecule has 1 aliphatic rings. The van der Waals surface area contributed by atoms with Gasteiger partial charge in [0.15, 0.2) is 0 Å². The topological polar surface area (TPSA) is 58.0 Å². The fraction of sp³-hybridized carbons (Fsp3) is 0.538. The molecule has 2 aromatic heterocycles. The van der Waals surface area contributed by atoms with Crippen molar-refractivity contribution >= 4 is 27.4 Å². The van der Waals surface area contributed by atoms with Crippen LogP contribution in [0, 0.1) is 0 Å². The van der Waals surface area contributed by atoms with Crippen molar-refractivity contribution in [2.75, 3.05) is 5.32 Å². The molecule has 0 bridgehead atoms. The van der Waals surface area contributed by atoms with Crippen molar-refractivity contribution in [2.45, 2.75) is 44.2 Å². The molecule has 0 spiro atoms. The van der Waals surface area contributed by atoms with Crippen LogP contribution < -0.4 is 5.32 Å². The number of hydrogen-bond acceptors (Lipinski definition) is 5. The third-order valence-electron chi connectivity index (χ3n) is 3.54. The Kier molecular flexibility index (Phi) is 3.43. The molecular formula is C13H17N3OS. The minimum Gasteiger partial charge on any atom is -0.391 e. The second-order valence-electron chi connectivity index (χ2n) is 4.81. The molecular weight excluding hydrogens is 246 g/mol. The number of nitrogens with one attached hydrogen (secondary N) is 1. The summed E-state index contributed by atoms with van der Waals surface area (Å²) in [5.74, 6) is 0.862. The summed E-state index contributed by atoms with van der Waals surface area (Å²) in [6, 6.07) is 2.11. The van der Waals surface area contributed by atoms with Crippen LogP contribution in [0.25, 0.3) is 10.2 Å². The Hall–Kier alpha value is -1.20. The molecule has 1 fully saturated rings. The van der Waals surface area contributed by atoms with Gasteiger partial charge in [0.2, 0.25) is 0 Å². The first-order valence-corrected chi connectivity index (χ1v) is 7.35. The number of aromatic nitrogens is 2. The largest absolute Gasteiger partial charge is 0.391 e. The number of rotatable bonds is 2. The van der Waals surface area contributed by atoms with E-state index < -0.39 is 0 Å². The van der Waals surface area contributed by atoms with Crippen molar-refractivity contribution < 1.29 is 5.11 Å². The number of hydrogen-bond donors (Lipinski definition) is 2. The number of aliphatic hydroxyl groups is 1. The molecule has 2 aromatic rings. The highest BCUT2D eigenvalue weighted by molar-refractivity contribution is 7.17. The molecule has 5 heteroatoms. The van der Waals surface area contributed by atoms with Gasteiger partial charge >= 0.3 is 0 Å². The van der Waals surface area contributed by atoms with Crippen LogP contribution in [0.4, 0.5) is 5.82 Å². The van der Waals surface area contributed by atoms with Crippen LogP contribution in [-0.4, -0.2) is 27.2 Å². The van der Waals surface area contributed by atoms with Crippen molar-refractivity contribution in [2.24, 2.45) is 0 Å². The molecule has 0 amide bonds. The lowest BCUT2D eigenvalue weighted by Gasteiger charge is -2.22. The normalized spacial score (nSPS) is 24.9. The van der Waals surface area contributed by atoms with Crippen molar-refractivity contribution in [3.05, 3.63) is 17.8 Å². The van der Waals surface area contributed by atoms with Crippen LogP contribution in [-0.2, 0) is 0 Å². The number of nitrogens with zero attached hydrogens (tertiary/aromatic N) is 2. The Morgan fingerprint density at radius 1 is 1.22 bits per heavy atom. The first-order valence-electron chi connectivity index (χ1n) is 6.47. The summed E-state index contributed by atoms with van der Waals surface area (Å²) < 4.78 is 1.08. The van der Waals surface area contributed by atoms with Gasteiger partial charge in [0.1, 0.15) is 12.1 Å². The molecule has 1 saturated carbocycles. The van der Waals surface area contributed by atoms with E-state index in [-0.39, 0.29) is 12.1 Å². The summed E-state index contributed by atoms with van der Waals surface area (Å²) >= 11 is 1.64. The highest BCUT2D eigenvalue weighted by Crippen LogP contribution is 2.27. The fourth-order valence-electron chi connectivity index (χ4n) is 2.52. The number of thiophene rings is 1. The van der Waals surface area contributed by atoms with Gasteiger partial charge in [0, 0.05) is 0 Å². The lowest BCUT2D eigenvalue weighted by molar-refractivity contribution is 0.144. The third-order valence-corrected chi connectivity index (χ3v) is 4.46. The van der Waals surface area contributed by atoms with Crippen LogP contribution >= 0.6 is 11.3 Å². The predicted octanol–water partition coefficient (Wildman–Crippen LogP) is 2.80. The molecule has 2 atom stereocenters. The summed E-state index contributed by atoms with van der Waals surface area (Å²) in [5.41, 5.74) is 0.973. The van der Waals surface area contributed by atoms with Gasteiger partial charge in [-0.05, 0) is 24.3 Å². The quantitative estimate of drug-likeness (QED) is 0.818. The van der Waals surface area contributed by atoms with E-state index in [0.717, 1.165) is 35.3 Å². The van der Waals surface area contributed by atoms with Gasteiger partial charge in [-0.3, -0.25) is 0 Å². The maximum atomic E-state index is 10.1. The van der Waals surface area contributed by atoms with Crippen LogP contribution in [0.5, 0.6) is 0 Å². The summed E-state index contributed by atoms with van der Waals surface area (Å²) in [6.07, 6.45) is 6.73. The van der Waals surface area contributed by atoms with E-state index >= 15 is 0 Å². The first kappa shape index (κ1) is 11.9. The van der Waals surface area contributed by atoms with Crippen LogP contribution in [0.1, 0.15) is 32.1 Å². The van der Waals surface area contributed by atoms with Gasteiger partial charge in [-0.15, -0.1) is 11.3 Å². The molecule has 1 aliphatic carbocycles. The van der Waals surface area contributed by atoms with Crippen LogP contribution in [0.3, 0.4) is 0 Å². The lowest BCUT2D eigenvalue weighted by atomic mass is 10.1. The maximum absolute atomic E-state index is 10.1. The van der Waals surface area contributed by atoms with E-state index in [1.165, 1.54) is 12.8 Å². The Bertz CT molecular complexity index is 528. The van der Waals surface area contributed by atoms with E-state index in [1.54, 1.807) is 17.7 Å². The Labute approximate surface area is 110 Å². The summed E-state index contributed by atoms with van der Waals surface area (Å²) in [4.78, 5) is 8.54. The molecule has 0 aromatic carbocycles. The van der Waals surface area contributed by atoms with Gasteiger partial charge in [-0.1, -0.05) is 19.3 Å². The van der Waals surface area contributed by atoms with Gasteiger partial charge < -0.3 is 10.4 Å². The smallest absolute Gasteiger partial charge is 0.147 e. The van der Waals surface area contributed by atoms with Gasteiger partial charge in [-0.2, -0.15) is 0 Å². The maximum Gasteiger partial charge on any atom is 0.147 e. The van der Waals surface area contributed by atoms with Crippen LogP contribution in [0.2, 0.25) is 0 Å². The SMILES string of the molecule is OC1CCCCCC1Nc1ncnc2ccsc12. The van der Waals surface area contributed by atoms with E-state index in [1.807, 2.05) is 11.4 Å². The molecule has 96 valence electrons. The molecule has 2 N–H and O–H groups in total. The Morgan fingerprint density at radius 3 is 3.06 bits per heavy atom. The highest BCUT2D eigenvalue weighted by atomic mass is 32.1. The molecule has 0 radical (unpaired) electrons. The lowest BCUT2D eigenvalue weighted by Crippen LogP contribution is -2.32. The highest BCUT2D eigenvalue weighted by Gasteiger charge is 2.22. The number of fused-ring (bicyclic) bond motifs is 1. The third kappa shape index (κ3) is 2.33. The summed E-state index contributed by atoms with van der Waals surface area (Å²) in [6.45, 7) is 0. The zero-order chi connectivity index (χ0) is 12.4. The predicted molar refractivity (Wildman–Crippen MR) is 73.9 cm³/mol. The molecule has 0 saturated heterocycles. The zero-order valence-corrected chi connectivity index (χ0v) is 11.0. The molecule has 3 rings (SSSR count). The second kappa shape index (κ2) is 5.20. The van der Waals surface area contributed by atoms with E-state index in [2.05, 4.69) is 15.3 Å². The van der Waals surface area contributed by atoms with Crippen molar-refractivity contribution in [3.8, 4) is 0 Å². The molecule has 2 heterocycles. The van der Waals surface area contributed by atoms with Crippen molar-refractivity contribution in [1.82, 2.24) is 9.97 Å². The standard InChI is InChI=1S/C13H17N3OS/c17-11-5-3-1-2-4-9(11)16-13-12-10(6-7-18-12)14-8-15-13/h6-9,11,17H,1-5H2,(H,14,15,16). The van der Waals surface area contributed by atoms with Gasteiger partial charge in [0.05, 0.1) is 22.4 Å². The molecule has 0 aliphatic heterocycles. The van der Waals surface area contributed by atoms with Crippen LogP contribution in [0.15, 0.2) is 17.8 Å². The monoisotopic (exact) mass is 263 g/mol. The average Bonchev–Trinajstić information content (AvgIpc) is 2.77. The average molecular weight is 263 g/mol. The van der Waals surface area contributed by atoms with Gasteiger partial charge in [0.25, 0.3) is 0 Å². The minimum atomic E-state index is -0.266. The van der Waals surface area contributed by atoms with E-state index in [9.17, 15) is 5.11 Å². The van der Waals surface area contributed by atoms with E-state index in [4.69, 9.17) is 0 Å². The zero-order valence-electron chi connectivity index (χ0n) is 10.2. The Morgan fingerprint density at radius 2 is 2.11 bits per heavy atom. The minimum absolute atomic E-state index is 0.118. The summed E-state index contributed by atoms with van der Waals surface area (Å²) in [7, 11) is 0.